The molecule has 0 amide bonds. The summed E-state index contributed by atoms with van der Waals surface area (Å²) >= 11 is 3.40. The van der Waals surface area contributed by atoms with Gasteiger partial charge in [-0.1, -0.05) is 28.9 Å². The fourth-order valence-electron chi connectivity index (χ4n) is 1.72. The molecule has 18 heavy (non-hydrogen) atoms. The number of hydrogen-bond acceptors (Lipinski definition) is 2. The molecule has 0 saturated carbocycles. The van der Waals surface area contributed by atoms with E-state index < -0.39 is 0 Å². The molecular weight excluding hydrogens is 288 g/mol. The fraction of sp³-hybridized carbons (Fsp3) is 0.200. The van der Waals surface area contributed by atoms with Crippen molar-refractivity contribution in [3.8, 4) is 0 Å². The largest absolute Gasteiger partial charge is 0.151 e. The molecule has 0 heterocycles. The maximum Gasteiger partial charge on any atom is 0.0860 e. The van der Waals surface area contributed by atoms with E-state index in [-0.39, 0.29) is 0 Å². The molecule has 2 nitrogen and oxygen atoms in total. The maximum atomic E-state index is 4.27. The molecule has 0 aliphatic rings. The van der Waals surface area contributed by atoms with Gasteiger partial charge in [0.2, 0.25) is 0 Å². The van der Waals surface area contributed by atoms with Gasteiger partial charge in [0.25, 0.3) is 0 Å². The number of nitrogens with zero attached hydrogens (tertiary/aromatic N) is 2. The van der Waals surface area contributed by atoms with Crippen LogP contribution in [0.4, 0.5) is 11.4 Å². The molecule has 0 atom stereocenters. The summed E-state index contributed by atoms with van der Waals surface area (Å²) < 4.78 is 1.05. The minimum Gasteiger partial charge on any atom is -0.151 e. The monoisotopic (exact) mass is 302 g/mol. The van der Waals surface area contributed by atoms with Gasteiger partial charge in [-0.25, -0.2) is 0 Å². The van der Waals surface area contributed by atoms with E-state index in [1.807, 2.05) is 30.3 Å². The molecule has 0 aromatic heterocycles. The van der Waals surface area contributed by atoms with E-state index in [2.05, 4.69) is 52.1 Å². The zero-order valence-corrected chi connectivity index (χ0v) is 12.1. The van der Waals surface area contributed by atoms with Gasteiger partial charge in [-0.15, -0.1) is 0 Å². The second-order valence-corrected chi connectivity index (χ2v) is 5.06. The first-order chi connectivity index (χ1) is 8.69. The number of hydrogen-bond donors (Lipinski definition) is 0. The van der Waals surface area contributed by atoms with E-state index >= 15 is 0 Å². The molecule has 0 radical (unpaired) electrons. The summed E-state index contributed by atoms with van der Waals surface area (Å²) in [6, 6.07) is 14.0. The zero-order chi connectivity index (χ0) is 13.0. The normalized spacial score (nSPS) is 11.1. The van der Waals surface area contributed by atoms with E-state index in [0.717, 1.165) is 22.3 Å². The lowest BCUT2D eigenvalue weighted by Gasteiger charge is -2.02. The third-order valence-electron chi connectivity index (χ3n) is 2.82. The summed E-state index contributed by atoms with van der Waals surface area (Å²) in [5.41, 5.74) is 4.39. The Morgan fingerprint density at radius 2 is 1.56 bits per heavy atom. The molecule has 2 aromatic rings. The van der Waals surface area contributed by atoms with Gasteiger partial charge in [0.1, 0.15) is 0 Å². The third kappa shape index (κ3) is 3.26. The molecule has 0 aliphatic heterocycles. The summed E-state index contributed by atoms with van der Waals surface area (Å²) in [5, 5.41) is 8.49. The highest BCUT2D eigenvalue weighted by Gasteiger charge is 1.97. The molecule has 2 aromatic carbocycles. The Morgan fingerprint density at radius 3 is 2.22 bits per heavy atom. The molecule has 0 unspecified atom stereocenters. The number of aryl methyl sites for hydroxylation is 2. The Balaban J connectivity index is 2.20. The number of azo groups is 1. The lowest BCUT2D eigenvalue weighted by molar-refractivity contribution is 1.10. The van der Waals surface area contributed by atoms with Gasteiger partial charge in [-0.05, 0) is 60.9 Å². The smallest absolute Gasteiger partial charge is 0.0860 e. The van der Waals surface area contributed by atoms with Gasteiger partial charge in [0.15, 0.2) is 0 Å². The highest BCUT2D eigenvalue weighted by atomic mass is 79.9. The second kappa shape index (κ2) is 5.91. The summed E-state index contributed by atoms with van der Waals surface area (Å²) in [4.78, 5) is 0. The molecule has 0 spiro atoms. The highest BCUT2D eigenvalue weighted by molar-refractivity contribution is 9.10. The summed E-state index contributed by atoms with van der Waals surface area (Å²) in [6.07, 6.45) is 1.02. The average Bonchev–Trinajstić information content (AvgIpc) is 2.39. The standard InChI is InChI=1S/C15H15BrN2/c1-3-12-10-15(7-4-11(12)2)18-17-14-8-5-13(16)6-9-14/h4-10H,3H2,1-2H3. The van der Waals surface area contributed by atoms with Crippen molar-refractivity contribution in [2.75, 3.05) is 0 Å². The summed E-state index contributed by atoms with van der Waals surface area (Å²) in [6.45, 7) is 4.27. The van der Waals surface area contributed by atoms with Crippen molar-refractivity contribution in [1.29, 1.82) is 0 Å². The van der Waals surface area contributed by atoms with E-state index in [0.29, 0.717) is 0 Å². The number of benzene rings is 2. The van der Waals surface area contributed by atoms with E-state index in [1.54, 1.807) is 0 Å². The third-order valence-corrected chi connectivity index (χ3v) is 3.35. The number of rotatable bonds is 3. The van der Waals surface area contributed by atoms with Gasteiger partial charge >= 0.3 is 0 Å². The topological polar surface area (TPSA) is 24.7 Å². The van der Waals surface area contributed by atoms with Crippen LogP contribution in [0.25, 0.3) is 0 Å². The molecule has 0 fully saturated rings. The van der Waals surface area contributed by atoms with Crippen molar-refractivity contribution in [2.24, 2.45) is 10.2 Å². The second-order valence-electron chi connectivity index (χ2n) is 4.14. The van der Waals surface area contributed by atoms with E-state index in [9.17, 15) is 0 Å². The lowest BCUT2D eigenvalue weighted by Crippen LogP contribution is -1.84. The molecule has 0 aliphatic carbocycles. The van der Waals surface area contributed by atoms with Crippen LogP contribution in [-0.2, 0) is 6.42 Å². The van der Waals surface area contributed by atoms with E-state index in [1.165, 1.54) is 11.1 Å². The molecule has 0 bridgehead atoms. The zero-order valence-electron chi connectivity index (χ0n) is 10.5. The van der Waals surface area contributed by atoms with Crippen LogP contribution in [0.15, 0.2) is 57.2 Å². The van der Waals surface area contributed by atoms with Gasteiger partial charge in [-0.2, -0.15) is 10.2 Å². The number of halogens is 1. The first kappa shape index (κ1) is 13.0. The minimum atomic E-state index is 0.858. The van der Waals surface area contributed by atoms with Gasteiger partial charge < -0.3 is 0 Å². The Morgan fingerprint density at radius 1 is 0.944 bits per heavy atom. The van der Waals surface area contributed by atoms with Crippen molar-refractivity contribution in [1.82, 2.24) is 0 Å². The Labute approximate surface area is 116 Å². The van der Waals surface area contributed by atoms with Gasteiger partial charge in [0.05, 0.1) is 11.4 Å². The predicted molar refractivity (Wildman–Crippen MR) is 78.9 cm³/mol. The van der Waals surface area contributed by atoms with Crippen LogP contribution in [0.5, 0.6) is 0 Å². The molecular formula is C15H15BrN2. The van der Waals surface area contributed by atoms with Gasteiger partial charge in [0, 0.05) is 4.47 Å². The van der Waals surface area contributed by atoms with Crippen molar-refractivity contribution in [3.63, 3.8) is 0 Å². The van der Waals surface area contributed by atoms with Crippen LogP contribution in [0, 0.1) is 6.92 Å². The predicted octanol–water partition coefficient (Wildman–Crippen LogP) is 5.74. The van der Waals surface area contributed by atoms with Crippen molar-refractivity contribution in [2.45, 2.75) is 20.3 Å². The molecule has 0 N–H and O–H groups in total. The Kier molecular flexibility index (Phi) is 4.26. The lowest BCUT2D eigenvalue weighted by atomic mass is 10.1. The first-order valence-corrected chi connectivity index (χ1v) is 6.75. The fourth-order valence-corrected chi connectivity index (χ4v) is 1.99. The van der Waals surface area contributed by atoms with Crippen molar-refractivity contribution < 1.29 is 0 Å². The van der Waals surface area contributed by atoms with Crippen molar-refractivity contribution in [3.05, 3.63) is 58.1 Å². The first-order valence-electron chi connectivity index (χ1n) is 5.96. The molecule has 2 rings (SSSR count). The molecule has 0 saturated heterocycles. The maximum absolute atomic E-state index is 4.27. The Bertz CT molecular complexity index is 559. The van der Waals surface area contributed by atoms with Crippen molar-refractivity contribution >= 4 is 27.3 Å². The average molecular weight is 303 g/mol. The van der Waals surface area contributed by atoms with E-state index in [4.69, 9.17) is 0 Å². The molecule has 3 heteroatoms. The Hall–Kier alpha value is -1.48. The van der Waals surface area contributed by atoms with Crippen LogP contribution in [-0.4, -0.2) is 0 Å². The van der Waals surface area contributed by atoms with Gasteiger partial charge in [-0.3, -0.25) is 0 Å². The van der Waals surface area contributed by atoms with Crippen LogP contribution >= 0.6 is 15.9 Å². The SMILES string of the molecule is CCc1cc(N=Nc2ccc(Br)cc2)ccc1C. The quantitative estimate of drug-likeness (QED) is 0.646. The summed E-state index contributed by atoms with van der Waals surface area (Å²) in [7, 11) is 0. The van der Waals surface area contributed by atoms with Crippen LogP contribution < -0.4 is 0 Å². The minimum absolute atomic E-state index is 0.858. The van der Waals surface area contributed by atoms with Crippen LogP contribution in [0.2, 0.25) is 0 Å². The van der Waals surface area contributed by atoms with Crippen LogP contribution in [0.3, 0.4) is 0 Å². The highest BCUT2D eigenvalue weighted by Crippen LogP contribution is 2.22. The summed E-state index contributed by atoms with van der Waals surface area (Å²) in [5.74, 6) is 0. The molecule has 92 valence electrons. The van der Waals surface area contributed by atoms with Crippen LogP contribution in [0.1, 0.15) is 18.1 Å².